The van der Waals surface area contributed by atoms with Gasteiger partial charge in [-0.1, -0.05) is 128 Å². The molecule has 13 heteroatoms. The van der Waals surface area contributed by atoms with Crippen LogP contribution in [0.1, 0.15) is 155 Å². The lowest BCUT2D eigenvalue weighted by atomic mass is 9.85. The van der Waals surface area contributed by atoms with E-state index in [-0.39, 0.29) is 13.0 Å². The average Bonchev–Trinajstić information content (AvgIpc) is 3.12. The van der Waals surface area contributed by atoms with Gasteiger partial charge in [0.05, 0.1) is 13.2 Å². The van der Waals surface area contributed by atoms with Gasteiger partial charge in [0.1, 0.15) is 42.7 Å². The molecular formula is C39H73O12P. The van der Waals surface area contributed by atoms with E-state index in [9.17, 15) is 39.8 Å². The van der Waals surface area contributed by atoms with Crippen LogP contribution in [0.15, 0.2) is 24.3 Å². The molecule has 0 spiro atoms. The van der Waals surface area contributed by atoms with Gasteiger partial charge in [0.25, 0.3) is 0 Å². The molecule has 0 saturated heterocycles. The molecule has 0 amide bonds. The summed E-state index contributed by atoms with van der Waals surface area (Å²) in [6, 6.07) is 0. The normalized spacial score (nSPS) is 24.1. The van der Waals surface area contributed by atoms with Crippen LogP contribution < -0.4 is 0 Å². The van der Waals surface area contributed by atoms with Crippen LogP contribution in [0, 0.1) is 0 Å². The number of aliphatic hydroxyl groups is 5. The van der Waals surface area contributed by atoms with E-state index >= 15 is 0 Å². The quantitative estimate of drug-likeness (QED) is 0.0174. The number of aliphatic hydroxyl groups excluding tert-OH is 5. The summed E-state index contributed by atoms with van der Waals surface area (Å²) in [7, 11) is -5.00. The molecule has 0 radical (unpaired) electrons. The highest BCUT2D eigenvalue weighted by atomic mass is 31.2. The summed E-state index contributed by atoms with van der Waals surface area (Å²) in [5, 5.41) is 49.9. The first-order chi connectivity index (χ1) is 25.0. The zero-order valence-electron chi connectivity index (χ0n) is 32.1. The Kier molecular flexibility index (Phi) is 29.2. The van der Waals surface area contributed by atoms with Crippen LogP contribution in [0.3, 0.4) is 0 Å². The van der Waals surface area contributed by atoms with Crippen molar-refractivity contribution in [3.63, 3.8) is 0 Å². The van der Waals surface area contributed by atoms with Crippen LogP contribution in [-0.4, -0.2) is 98.9 Å². The molecule has 1 fully saturated rings. The molecule has 0 aromatic rings. The maximum absolute atomic E-state index is 12.7. The van der Waals surface area contributed by atoms with Crippen LogP contribution in [0.2, 0.25) is 0 Å². The van der Waals surface area contributed by atoms with E-state index in [4.69, 9.17) is 18.5 Å². The Hall–Kier alpha value is -1.18. The standard InChI is InChI=1S/C39H73O12P/c1-3-5-7-9-11-13-14-15-16-17-18-19-20-21-22-24-26-28-33(40)50-32(30-48-29-27-25-23-12-10-8-6-4-2)31-49-52(46,47)51-39-37(44)35(42)34(41)36(43)38(39)45/h11,13,15-16,32,34-39,41-45H,3-10,12,14,17-31H2,1-2H3,(H,46,47)/b13-11-,16-15-. The van der Waals surface area contributed by atoms with E-state index in [1.54, 1.807) is 0 Å². The van der Waals surface area contributed by atoms with Crippen molar-refractivity contribution in [2.75, 3.05) is 19.8 Å². The smallest absolute Gasteiger partial charge is 0.457 e. The molecule has 6 unspecified atom stereocenters. The van der Waals surface area contributed by atoms with Gasteiger partial charge in [-0.25, -0.2) is 4.57 Å². The van der Waals surface area contributed by atoms with Gasteiger partial charge < -0.3 is 39.9 Å². The van der Waals surface area contributed by atoms with E-state index in [1.165, 1.54) is 70.6 Å². The molecule has 52 heavy (non-hydrogen) atoms. The molecule has 6 atom stereocenters. The zero-order chi connectivity index (χ0) is 38.5. The highest BCUT2D eigenvalue weighted by molar-refractivity contribution is 7.47. The molecule has 0 heterocycles. The topological polar surface area (TPSA) is 192 Å². The third kappa shape index (κ3) is 23.6. The van der Waals surface area contributed by atoms with Crippen LogP contribution in [0.5, 0.6) is 0 Å². The lowest BCUT2D eigenvalue weighted by Gasteiger charge is -2.41. The molecule has 1 aliphatic carbocycles. The lowest BCUT2D eigenvalue weighted by molar-refractivity contribution is -0.220. The van der Waals surface area contributed by atoms with Crippen molar-refractivity contribution in [1.29, 1.82) is 0 Å². The fraction of sp³-hybridized carbons (Fsp3) is 0.872. The molecule has 0 bridgehead atoms. The Morgan fingerprint density at radius 1 is 0.615 bits per heavy atom. The van der Waals surface area contributed by atoms with Crippen LogP contribution in [-0.2, 0) is 27.9 Å². The third-order valence-electron chi connectivity index (χ3n) is 9.33. The molecule has 0 aromatic heterocycles. The summed E-state index contributed by atoms with van der Waals surface area (Å²) in [4.78, 5) is 23.0. The second kappa shape index (κ2) is 31.1. The van der Waals surface area contributed by atoms with Crippen LogP contribution in [0.4, 0.5) is 0 Å². The zero-order valence-corrected chi connectivity index (χ0v) is 33.0. The van der Waals surface area contributed by atoms with Crippen molar-refractivity contribution >= 4 is 13.8 Å². The first-order valence-electron chi connectivity index (χ1n) is 20.2. The van der Waals surface area contributed by atoms with E-state index in [2.05, 4.69) is 38.2 Å². The summed E-state index contributed by atoms with van der Waals surface area (Å²) in [5.74, 6) is -0.487. The first-order valence-corrected chi connectivity index (χ1v) is 21.7. The molecule has 6 N–H and O–H groups in total. The first kappa shape index (κ1) is 48.8. The number of esters is 1. The number of carbonyl (C=O) groups excluding carboxylic acids is 1. The number of rotatable bonds is 33. The molecule has 0 aromatic carbocycles. The predicted octanol–water partition coefficient (Wildman–Crippen LogP) is 6.97. The Morgan fingerprint density at radius 3 is 1.65 bits per heavy atom. The van der Waals surface area contributed by atoms with Gasteiger partial charge in [-0.15, -0.1) is 0 Å². The van der Waals surface area contributed by atoms with Gasteiger partial charge >= 0.3 is 13.8 Å². The fourth-order valence-corrected chi connectivity index (χ4v) is 7.00. The molecule has 1 saturated carbocycles. The minimum absolute atomic E-state index is 0.0779. The number of hydrogen-bond acceptors (Lipinski definition) is 11. The van der Waals surface area contributed by atoms with Crippen molar-refractivity contribution in [2.24, 2.45) is 0 Å². The van der Waals surface area contributed by atoms with Crippen molar-refractivity contribution in [1.82, 2.24) is 0 Å². The molecule has 0 aliphatic heterocycles. The van der Waals surface area contributed by atoms with Crippen LogP contribution in [0.25, 0.3) is 0 Å². The number of hydrogen-bond donors (Lipinski definition) is 6. The highest BCUT2D eigenvalue weighted by Gasteiger charge is 2.51. The van der Waals surface area contributed by atoms with Crippen molar-refractivity contribution in [3.05, 3.63) is 24.3 Å². The highest BCUT2D eigenvalue weighted by Crippen LogP contribution is 2.47. The number of ether oxygens (including phenoxy) is 2. The Balaban J connectivity index is 2.42. The largest absolute Gasteiger partial charge is 0.472 e. The number of phosphoric ester groups is 1. The number of allylic oxidation sites excluding steroid dienone is 4. The number of carbonyl (C=O) groups is 1. The van der Waals surface area contributed by atoms with Crippen molar-refractivity contribution in [2.45, 2.75) is 198 Å². The molecule has 1 rings (SSSR count). The minimum atomic E-state index is -5.00. The summed E-state index contributed by atoms with van der Waals surface area (Å²) in [6.45, 7) is 4.17. The van der Waals surface area contributed by atoms with E-state index < -0.39 is 63.1 Å². The van der Waals surface area contributed by atoms with Gasteiger partial charge in [0, 0.05) is 13.0 Å². The molecular weight excluding hydrogens is 691 g/mol. The second-order valence-electron chi connectivity index (χ2n) is 14.1. The van der Waals surface area contributed by atoms with Gasteiger partial charge in [0.15, 0.2) is 0 Å². The lowest BCUT2D eigenvalue weighted by Crippen LogP contribution is -2.64. The maximum Gasteiger partial charge on any atom is 0.472 e. The number of phosphoric acid groups is 1. The number of unbranched alkanes of at least 4 members (excludes halogenated alkanes) is 17. The molecule has 306 valence electrons. The monoisotopic (exact) mass is 764 g/mol. The summed E-state index contributed by atoms with van der Waals surface area (Å²) in [6.07, 6.45) is 19.8. The summed E-state index contributed by atoms with van der Waals surface area (Å²) < 4.78 is 33.9. The van der Waals surface area contributed by atoms with Gasteiger partial charge in [-0.05, 0) is 44.9 Å². The third-order valence-corrected chi connectivity index (χ3v) is 10.3. The Labute approximate surface area is 313 Å². The Bertz CT molecular complexity index is 963. The van der Waals surface area contributed by atoms with Crippen molar-refractivity contribution < 1.29 is 58.3 Å². The second-order valence-corrected chi connectivity index (χ2v) is 15.5. The van der Waals surface area contributed by atoms with Crippen molar-refractivity contribution in [3.8, 4) is 0 Å². The van der Waals surface area contributed by atoms with E-state index in [1.807, 2.05) is 0 Å². The summed E-state index contributed by atoms with van der Waals surface area (Å²) in [5.41, 5.74) is 0. The van der Waals surface area contributed by atoms with E-state index in [0.717, 1.165) is 57.8 Å². The summed E-state index contributed by atoms with van der Waals surface area (Å²) >= 11 is 0. The van der Waals surface area contributed by atoms with Gasteiger partial charge in [0.2, 0.25) is 0 Å². The molecule has 1 aliphatic rings. The SMILES string of the molecule is CCCCC/C=C\C/C=C\CCCCCCCCCC(=O)OC(COCCCCCCCCCC)COP(=O)(O)OC1C(O)C(O)C(O)C(O)C1O. The molecule has 12 nitrogen and oxygen atoms in total. The van der Waals surface area contributed by atoms with Crippen LogP contribution >= 0.6 is 7.82 Å². The predicted molar refractivity (Wildman–Crippen MR) is 203 cm³/mol. The van der Waals surface area contributed by atoms with Gasteiger partial charge in [-0.3, -0.25) is 13.8 Å². The minimum Gasteiger partial charge on any atom is -0.457 e. The average molecular weight is 765 g/mol. The van der Waals surface area contributed by atoms with Gasteiger partial charge in [-0.2, -0.15) is 0 Å². The fourth-order valence-electron chi connectivity index (χ4n) is 6.03. The Morgan fingerprint density at radius 2 is 1.08 bits per heavy atom. The maximum atomic E-state index is 12.7. The van der Waals surface area contributed by atoms with E-state index in [0.29, 0.717) is 13.0 Å².